The Labute approximate surface area is 240 Å². The number of aromatic nitrogens is 2. The van der Waals surface area contributed by atoms with Crippen molar-refractivity contribution in [3.8, 4) is 11.3 Å². The largest absolute Gasteiger partial charge is 0.383 e. The van der Waals surface area contributed by atoms with Crippen molar-refractivity contribution in [2.45, 2.75) is 18.8 Å². The normalized spacial score (nSPS) is 17.2. The molecule has 1 aliphatic carbocycles. The quantitative estimate of drug-likeness (QED) is 0.288. The number of nitrogens with zero attached hydrogens (tertiary/aromatic N) is 4. The van der Waals surface area contributed by atoms with Gasteiger partial charge >= 0.3 is 0 Å². The van der Waals surface area contributed by atoms with E-state index in [1.54, 1.807) is 19.2 Å². The third kappa shape index (κ3) is 6.15. The molecule has 41 heavy (non-hydrogen) atoms. The van der Waals surface area contributed by atoms with Crippen molar-refractivity contribution in [1.29, 1.82) is 0 Å². The highest BCUT2D eigenvalue weighted by Gasteiger charge is 2.29. The van der Waals surface area contributed by atoms with Gasteiger partial charge in [0.2, 0.25) is 5.95 Å². The first-order valence-corrected chi connectivity index (χ1v) is 14.3. The Morgan fingerprint density at radius 2 is 1.61 bits per heavy atom. The summed E-state index contributed by atoms with van der Waals surface area (Å²) in [4.78, 5) is 14.2. The summed E-state index contributed by atoms with van der Waals surface area (Å²) in [6, 6.07) is 20.1. The molecule has 6 rings (SSSR count). The van der Waals surface area contributed by atoms with Crippen LogP contribution in [-0.2, 0) is 17.6 Å². The molecule has 1 saturated heterocycles. The predicted octanol–water partition coefficient (Wildman–Crippen LogP) is 5.66. The van der Waals surface area contributed by atoms with Crippen LogP contribution < -0.4 is 5.32 Å². The smallest absolute Gasteiger partial charge is 0.227 e. The van der Waals surface area contributed by atoms with Gasteiger partial charge in [0, 0.05) is 69.7 Å². The fourth-order valence-electron chi connectivity index (χ4n) is 5.94. The van der Waals surface area contributed by atoms with Crippen LogP contribution in [-0.4, -0.2) is 72.8 Å². The number of hydrogen-bond donors (Lipinski definition) is 1. The number of anilines is 2. The van der Waals surface area contributed by atoms with Gasteiger partial charge in [-0.05, 0) is 59.4 Å². The van der Waals surface area contributed by atoms with E-state index in [0.29, 0.717) is 29.9 Å². The zero-order valence-corrected chi connectivity index (χ0v) is 23.3. The molecule has 3 aromatic carbocycles. The van der Waals surface area contributed by atoms with Crippen LogP contribution in [0.4, 0.5) is 20.4 Å². The van der Waals surface area contributed by atoms with Crippen molar-refractivity contribution in [2.24, 2.45) is 0 Å². The zero-order chi connectivity index (χ0) is 28.2. The third-order valence-corrected chi connectivity index (χ3v) is 8.24. The van der Waals surface area contributed by atoms with E-state index in [-0.39, 0.29) is 17.6 Å². The molecule has 1 N–H and O–H groups in total. The first-order valence-electron chi connectivity index (χ1n) is 14.3. The molecule has 1 atom stereocenters. The summed E-state index contributed by atoms with van der Waals surface area (Å²) >= 11 is 0. The number of halogens is 2. The minimum absolute atomic E-state index is 0.102. The van der Waals surface area contributed by atoms with Crippen LogP contribution >= 0.6 is 0 Å². The maximum Gasteiger partial charge on any atom is 0.227 e. The molecule has 0 radical (unpaired) electrons. The van der Waals surface area contributed by atoms with E-state index in [2.05, 4.69) is 26.2 Å². The Kier molecular flexibility index (Phi) is 8.32. The van der Waals surface area contributed by atoms with E-state index in [1.165, 1.54) is 12.1 Å². The number of hydrogen-bond acceptors (Lipinski definition) is 6. The van der Waals surface area contributed by atoms with Gasteiger partial charge in [0.15, 0.2) is 0 Å². The van der Waals surface area contributed by atoms with Crippen molar-refractivity contribution >= 4 is 11.6 Å². The Hall–Kier alpha value is -3.72. The Balaban J connectivity index is 1.16. The van der Waals surface area contributed by atoms with Gasteiger partial charge in [-0.25, -0.2) is 18.7 Å². The third-order valence-electron chi connectivity index (χ3n) is 8.24. The van der Waals surface area contributed by atoms with E-state index < -0.39 is 0 Å². The summed E-state index contributed by atoms with van der Waals surface area (Å²) in [6.07, 6.45) is 3.08. The molecule has 2 heterocycles. The number of methoxy groups -OCH3 is 1. The summed E-state index contributed by atoms with van der Waals surface area (Å²) in [5, 5.41) is 3.29. The van der Waals surface area contributed by atoms with E-state index in [1.807, 2.05) is 42.6 Å². The van der Waals surface area contributed by atoms with Gasteiger partial charge < -0.3 is 15.0 Å². The lowest BCUT2D eigenvalue weighted by molar-refractivity contribution is 0.0974. The number of rotatable bonds is 9. The number of fused-ring (bicyclic) bond motifs is 3. The minimum Gasteiger partial charge on any atom is -0.383 e. The average Bonchev–Trinajstić information content (AvgIpc) is 3.01. The Morgan fingerprint density at radius 3 is 2.39 bits per heavy atom. The molecule has 4 aromatic rings. The van der Waals surface area contributed by atoms with Gasteiger partial charge in [-0.1, -0.05) is 42.5 Å². The van der Waals surface area contributed by atoms with Crippen molar-refractivity contribution in [2.75, 3.05) is 58.3 Å². The fourth-order valence-corrected chi connectivity index (χ4v) is 5.94. The fraction of sp³-hybridized carbons (Fsp3) is 0.333. The van der Waals surface area contributed by atoms with Crippen LogP contribution in [0, 0.1) is 11.6 Å². The standard InChI is InChI=1S/C33H35F2N5O/c1-41-19-18-40-16-14-39(15-17-40)13-12-23-20-25(10-11-30(23)34)37-33-36-22-24-21-29(27-7-4-5-9-31(27)35)26-6-2-3-8-28(26)32(24)38-33/h2-11,20,22,29H,12-19,21H2,1H3,(H,36,37,38). The highest BCUT2D eigenvalue weighted by molar-refractivity contribution is 5.73. The maximum atomic E-state index is 14.8. The summed E-state index contributed by atoms with van der Waals surface area (Å²) < 4.78 is 34.7. The topological polar surface area (TPSA) is 53.5 Å². The lowest BCUT2D eigenvalue weighted by Gasteiger charge is -2.34. The van der Waals surface area contributed by atoms with E-state index in [4.69, 9.17) is 9.72 Å². The van der Waals surface area contributed by atoms with Crippen LogP contribution in [0.1, 0.15) is 28.2 Å². The van der Waals surface area contributed by atoms with Crippen LogP contribution in [0.3, 0.4) is 0 Å². The van der Waals surface area contributed by atoms with Gasteiger partial charge in [0.05, 0.1) is 12.3 Å². The molecule has 2 aliphatic rings. The second-order valence-electron chi connectivity index (χ2n) is 10.8. The molecule has 8 heteroatoms. The molecular weight excluding hydrogens is 520 g/mol. The first kappa shape index (κ1) is 27.4. The summed E-state index contributed by atoms with van der Waals surface area (Å²) in [6.45, 7) is 6.49. The van der Waals surface area contributed by atoms with Crippen LogP contribution in [0.15, 0.2) is 72.9 Å². The molecule has 0 saturated carbocycles. The monoisotopic (exact) mass is 555 g/mol. The highest BCUT2D eigenvalue weighted by atomic mass is 19.1. The van der Waals surface area contributed by atoms with E-state index >= 15 is 0 Å². The molecular formula is C33H35F2N5O. The van der Waals surface area contributed by atoms with Crippen LogP contribution in [0.5, 0.6) is 0 Å². The SMILES string of the molecule is COCCN1CCN(CCc2cc(Nc3ncc4c(n3)-c3ccccc3C(c3ccccc3F)C4)ccc2F)CC1. The summed E-state index contributed by atoms with van der Waals surface area (Å²) in [5.74, 6) is -0.0527. The molecule has 1 unspecified atom stereocenters. The Bertz CT molecular complexity index is 1500. The van der Waals surface area contributed by atoms with E-state index in [9.17, 15) is 8.78 Å². The molecule has 1 fully saturated rings. The van der Waals surface area contributed by atoms with Crippen molar-refractivity contribution in [3.05, 3.63) is 107 Å². The maximum absolute atomic E-state index is 14.8. The van der Waals surface area contributed by atoms with Crippen LogP contribution in [0.25, 0.3) is 11.3 Å². The predicted molar refractivity (Wildman–Crippen MR) is 158 cm³/mol. The van der Waals surface area contributed by atoms with Crippen molar-refractivity contribution in [1.82, 2.24) is 19.8 Å². The summed E-state index contributed by atoms with van der Waals surface area (Å²) in [5.41, 5.74) is 5.96. The van der Waals surface area contributed by atoms with Gasteiger partial charge in [-0.3, -0.25) is 4.90 Å². The molecule has 1 aromatic heterocycles. The number of nitrogens with one attached hydrogen (secondary N) is 1. The molecule has 6 nitrogen and oxygen atoms in total. The molecule has 0 amide bonds. The number of ether oxygens (including phenoxy) is 1. The second kappa shape index (κ2) is 12.4. The van der Waals surface area contributed by atoms with Crippen molar-refractivity contribution < 1.29 is 13.5 Å². The van der Waals surface area contributed by atoms with Crippen LogP contribution in [0.2, 0.25) is 0 Å². The first-order chi connectivity index (χ1) is 20.1. The second-order valence-corrected chi connectivity index (χ2v) is 10.8. The van der Waals surface area contributed by atoms with Gasteiger partial charge in [-0.2, -0.15) is 0 Å². The molecule has 0 bridgehead atoms. The average molecular weight is 556 g/mol. The summed E-state index contributed by atoms with van der Waals surface area (Å²) in [7, 11) is 1.73. The van der Waals surface area contributed by atoms with Crippen molar-refractivity contribution in [3.63, 3.8) is 0 Å². The molecule has 0 spiro atoms. The molecule has 212 valence electrons. The van der Waals surface area contributed by atoms with Gasteiger partial charge in [0.1, 0.15) is 11.6 Å². The number of benzene rings is 3. The highest BCUT2D eigenvalue weighted by Crippen LogP contribution is 2.42. The number of piperazine rings is 1. The van der Waals surface area contributed by atoms with E-state index in [0.717, 1.165) is 73.9 Å². The minimum atomic E-state index is -0.202. The lowest BCUT2D eigenvalue weighted by Crippen LogP contribution is -2.47. The zero-order valence-electron chi connectivity index (χ0n) is 23.3. The lowest BCUT2D eigenvalue weighted by atomic mass is 9.78. The van der Waals surface area contributed by atoms with Gasteiger partial charge in [-0.15, -0.1) is 0 Å². The Morgan fingerprint density at radius 1 is 0.878 bits per heavy atom. The van der Waals surface area contributed by atoms with Gasteiger partial charge in [0.25, 0.3) is 0 Å². The molecule has 1 aliphatic heterocycles.